The van der Waals surface area contributed by atoms with Crippen LogP contribution in [0.3, 0.4) is 0 Å². The quantitative estimate of drug-likeness (QED) is 0.429. The molecule has 4 aromatic rings. The van der Waals surface area contributed by atoms with Crippen LogP contribution in [0.25, 0.3) is 11.4 Å². The Morgan fingerprint density at radius 1 is 1.00 bits per heavy atom. The fraction of sp³-hybridized carbons (Fsp3) is 0.238. The molecule has 0 saturated carbocycles. The minimum Gasteiger partial charge on any atom is -0.492 e. The van der Waals surface area contributed by atoms with Crippen molar-refractivity contribution < 1.29 is 4.74 Å². The summed E-state index contributed by atoms with van der Waals surface area (Å²) in [5.74, 6) is 1.52. The minimum atomic E-state index is 0.587. The minimum absolute atomic E-state index is 0.587. The maximum absolute atomic E-state index is 5.71. The number of aryl methyl sites for hydroxylation is 2. The number of aromatic nitrogens is 6. The smallest absolute Gasteiger partial charge is 0.214 e. The molecule has 2 aromatic carbocycles. The Morgan fingerprint density at radius 2 is 1.79 bits per heavy atom. The number of thioether (sulfide) groups is 1. The number of nitrogens with zero attached hydrogens (tertiary/aromatic N) is 6. The Bertz CT molecular complexity index is 1100. The fourth-order valence-electron chi connectivity index (χ4n) is 3.10. The largest absolute Gasteiger partial charge is 0.492 e. The number of rotatable bonds is 7. The van der Waals surface area contributed by atoms with E-state index in [2.05, 4.69) is 57.9 Å². The van der Waals surface area contributed by atoms with Crippen LogP contribution in [0.15, 0.2) is 59.8 Å². The lowest BCUT2D eigenvalue weighted by molar-refractivity contribution is 0.337. The zero-order valence-corrected chi connectivity index (χ0v) is 17.4. The summed E-state index contributed by atoms with van der Waals surface area (Å²) in [5.41, 5.74) is 5.22. The Labute approximate surface area is 173 Å². The molecule has 4 rings (SSSR count). The molecule has 2 heterocycles. The predicted octanol–water partition coefficient (Wildman–Crippen LogP) is 4.16. The van der Waals surface area contributed by atoms with E-state index in [9.17, 15) is 0 Å². The number of hydrogen-bond donors (Lipinski definition) is 0. The first kappa shape index (κ1) is 19.2. The van der Waals surface area contributed by atoms with Crippen molar-refractivity contribution in [3.63, 3.8) is 0 Å². The molecule has 0 bridgehead atoms. The van der Waals surface area contributed by atoms with Gasteiger partial charge in [-0.3, -0.25) is 0 Å². The molecular weight excluding hydrogens is 384 g/mol. The second-order valence-corrected chi connectivity index (χ2v) is 7.51. The van der Waals surface area contributed by atoms with Gasteiger partial charge in [0.2, 0.25) is 5.16 Å². The van der Waals surface area contributed by atoms with Crippen molar-refractivity contribution in [2.24, 2.45) is 0 Å². The van der Waals surface area contributed by atoms with Gasteiger partial charge in [0.1, 0.15) is 11.4 Å². The molecular formula is C21H22N6OS. The van der Waals surface area contributed by atoms with Gasteiger partial charge in [-0.1, -0.05) is 36.0 Å². The summed E-state index contributed by atoms with van der Waals surface area (Å²) in [5, 5.41) is 17.4. The van der Waals surface area contributed by atoms with Gasteiger partial charge >= 0.3 is 0 Å². The van der Waals surface area contributed by atoms with E-state index in [-0.39, 0.29) is 0 Å². The molecule has 0 aliphatic carbocycles. The molecule has 0 amide bonds. The van der Waals surface area contributed by atoms with Crippen LogP contribution in [0.4, 0.5) is 0 Å². The number of tetrazole rings is 1. The van der Waals surface area contributed by atoms with Gasteiger partial charge in [0.05, 0.1) is 18.0 Å². The molecule has 2 aromatic heterocycles. The normalized spacial score (nSPS) is 11.0. The molecule has 0 spiro atoms. The van der Waals surface area contributed by atoms with E-state index in [0.717, 1.165) is 39.4 Å². The third kappa shape index (κ3) is 4.17. The van der Waals surface area contributed by atoms with Crippen molar-refractivity contribution in [2.45, 2.75) is 31.7 Å². The third-order valence-electron chi connectivity index (χ3n) is 4.39. The molecule has 0 unspecified atom stereocenters. The van der Waals surface area contributed by atoms with Crippen LogP contribution in [0.2, 0.25) is 0 Å². The standard InChI is InChI=1S/C21H22N6OS/c1-4-28-20-8-6-5-7-19(20)27-21(22-24-25-27)29-14-17-9-11-18(12-10-17)26-16(3)13-15(2)23-26/h5-13H,4,14H2,1-3H3. The van der Waals surface area contributed by atoms with E-state index in [1.807, 2.05) is 42.8 Å². The van der Waals surface area contributed by atoms with Crippen LogP contribution in [-0.4, -0.2) is 36.6 Å². The van der Waals surface area contributed by atoms with Gasteiger partial charge < -0.3 is 4.74 Å². The van der Waals surface area contributed by atoms with Crippen LogP contribution < -0.4 is 4.74 Å². The maximum Gasteiger partial charge on any atom is 0.214 e. The van der Waals surface area contributed by atoms with E-state index in [0.29, 0.717) is 6.61 Å². The van der Waals surface area contributed by atoms with Crippen molar-refractivity contribution in [3.8, 4) is 17.1 Å². The third-order valence-corrected chi connectivity index (χ3v) is 5.38. The highest BCUT2D eigenvalue weighted by Crippen LogP contribution is 2.27. The summed E-state index contributed by atoms with van der Waals surface area (Å²) in [6.07, 6.45) is 0. The van der Waals surface area contributed by atoms with Gasteiger partial charge in [0, 0.05) is 11.4 Å². The average molecular weight is 407 g/mol. The van der Waals surface area contributed by atoms with Crippen LogP contribution in [0.5, 0.6) is 5.75 Å². The monoisotopic (exact) mass is 406 g/mol. The van der Waals surface area contributed by atoms with Crippen molar-refractivity contribution in [1.29, 1.82) is 0 Å². The molecule has 0 fully saturated rings. The zero-order valence-electron chi connectivity index (χ0n) is 16.6. The highest BCUT2D eigenvalue weighted by Gasteiger charge is 2.13. The first-order valence-electron chi connectivity index (χ1n) is 9.41. The van der Waals surface area contributed by atoms with E-state index < -0.39 is 0 Å². The second-order valence-electron chi connectivity index (χ2n) is 6.57. The Morgan fingerprint density at radius 3 is 2.52 bits per heavy atom. The first-order valence-corrected chi connectivity index (χ1v) is 10.4. The van der Waals surface area contributed by atoms with Crippen LogP contribution in [-0.2, 0) is 5.75 Å². The highest BCUT2D eigenvalue weighted by molar-refractivity contribution is 7.98. The van der Waals surface area contributed by atoms with E-state index in [1.54, 1.807) is 16.4 Å². The zero-order chi connectivity index (χ0) is 20.2. The van der Waals surface area contributed by atoms with Crippen LogP contribution in [0.1, 0.15) is 23.9 Å². The van der Waals surface area contributed by atoms with Gasteiger partial charge in [-0.15, -0.1) is 5.10 Å². The summed E-state index contributed by atoms with van der Waals surface area (Å²) >= 11 is 1.59. The molecule has 0 aliphatic rings. The lowest BCUT2D eigenvalue weighted by Gasteiger charge is -2.10. The Balaban J connectivity index is 1.50. The van der Waals surface area contributed by atoms with E-state index >= 15 is 0 Å². The van der Waals surface area contributed by atoms with Crippen molar-refractivity contribution in [1.82, 2.24) is 30.0 Å². The average Bonchev–Trinajstić information content (AvgIpc) is 3.33. The lowest BCUT2D eigenvalue weighted by atomic mass is 10.2. The van der Waals surface area contributed by atoms with Gasteiger partial charge in [0.25, 0.3) is 0 Å². The van der Waals surface area contributed by atoms with Crippen molar-refractivity contribution >= 4 is 11.8 Å². The number of ether oxygens (including phenoxy) is 1. The number of para-hydroxylation sites is 2. The van der Waals surface area contributed by atoms with Crippen molar-refractivity contribution in [2.75, 3.05) is 6.61 Å². The Hall–Kier alpha value is -3.13. The summed E-state index contributed by atoms with van der Waals surface area (Å²) in [6, 6.07) is 18.2. The van der Waals surface area contributed by atoms with Crippen LogP contribution >= 0.6 is 11.8 Å². The summed E-state index contributed by atoms with van der Waals surface area (Å²) < 4.78 is 9.39. The molecule has 0 aliphatic heterocycles. The fourth-order valence-corrected chi connectivity index (χ4v) is 3.94. The summed E-state index contributed by atoms with van der Waals surface area (Å²) in [6.45, 7) is 6.61. The molecule has 0 N–H and O–H groups in total. The molecule has 0 saturated heterocycles. The molecule has 0 radical (unpaired) electrons. The topological polar surface area (TPSA) is 70.7 Å². The summed E-state index contributed by atoms with van der Waals surface area (Å²) in [4.78, 5) is 0. The lowest BCUT2D eigenvalue weighted by Crippen LogP contribution is -2.03. The van der Waals surface area contributed by atoms with Crippen molar-refractivity contribution in [3.05, 3.63) is 71.5 Å². The highest BCUT2D eigenvalue weighted by atomic mass is 32.2. The van der Waals surface area contributed by atoms with Crippen LogP contribution in [0, 0.1) is 13.8 Å². The maximum atomic E-state index is 5.71. The summed E-state index contributed by atoms with van der Waals surface area (Å²) in [7, 11) is 0. The van der Waals surface area contributed by atoms with Gasteiger partial charge in [-0.25, -0.2) is 4.68 Å². The second kappa shape index (κ2) is 8.48. The van der Waals surface area contributed by atoms with Gasteiger partial charge in [-0.05, 0) is 67.1 Å². The molecule has 148 valence electrons. The molecule has 7 nitrogen and oxygen atoms in total. The number of hydrogen-bond acceptors (Lipinski definition) is 6. The SMILES string of the molecule is CCOc1ccccc1-n1nnnc1SCc1ccc(-n2nc(C)cc2C)cc1. The van der Waals surface area contributed by atoms with Gasteiger partial charge in [0.15, 0.2) is 0 Å². The number of benzene rings is 2. The van der Waals surface area contributed by atoms with E-state index in [1.165, 1.54) is 5.56 Å². The molecule has 0 atom stereocenters. The van der Waals surface area contributed by atoms with Gasteiger partial charge in [-0.2, -0.15) is 9.78 Å². The van der Waals surface area contributed by atoms with E-state index in [4.69, 9.17) is 4.74 Å². The molecule has 8 heteroatoms. The molecule has 29 heavy (non-hydrogen) atoms. The predicted molar refractivity (Wildman–Crippen MR) is 113 cm³/mol. The first-order chi connectivity index (χ1) is 14.2. The Kier molecular flexibility index (Phi) is 5.62.